The molecule has 6 rings (SSSR count). The van der Waals surface area contributed by atoms with Crippen molar-refractivity contribution in [1.29, 1.82) is 0 Å². The Morgan fingerprint density at radius 1 is 0.949 bits per heavy atom. The molecule has 2 aliphatic heterocycles. The number of carbonyl (C=O) groups excluding carboxylic acids is 3. The van der Waals surface area contributed by atoms with E-state index in [2.05, 4.69) is 10.3 Å². The zero-order valence-electron chi connectivity index (χ0n) is 20.1. The van der Waals surface area contributed by atoms with Gasteiger partial charge in [0.1, 0.15) is 11.0 Å². The molecule has 3 aromatic carbocycles. The second kappa shape index (κ2) is 10.4. The molecule has 11 heteroatoms. The van der Waals surface area contributed by atoms with Crippen LogP contribution in [-0.2, 0) is 14.4 Å². The van der Waals surface area contributed by atoms with Gasteiger partial charge in [-0.1, -0.05) is 71.1 Å². The minimum Gasteiger partial charge on any atom is -0.483 e. The second-order valence-electron chi connectivity index (χ2n) is 8.98. The molecular formula is C28H20ClN3O5S2. The van der Waals surface area contributed by atoms with Crippen molar-refractivity contribution in [2.75, 3.05) is 16.8 Å². The van der Waals surface area contributed by atoms with Crippen molar-refractivity contribution in [2.24, 2.45) is 5.92 Å². The number of fused-ring (bicyclic) bond motifs is 2. The molecule has 2 N–H and O–H groups in total. The fourth-order valence-electron chi connectivity index (χ4n) is 4.93. The number of H-pyrrole nitrogens is 1. The van der Waals surface area contributed by atoms with Gasteiger partial charge in [0.2, 0.25) is 11.8 Å². The average Bonchev–Trinajstić information content (AvgIpc) is 3.43. The molecule has 1 fully saturated rings. The van der Waals surface area contributed by atoms with E-state index in [1.807, 2.05) is 18.2 Å². The smallest absolute Gasteiger partial charge is 0.305 e. The fraction of sp³-hybridized carbons (Fsp3) is 0.143. The van der Waals surface area contributed by atoms with Crippen molar-refractivity contribution in [3.05, 3.63) is 104 Å². The first-order chi connectivity index (χ1) is 18.9. The molecule has 0 unspecified atom stereocenters. The summed E-state index contributed by atoms with van der Waals surface area (Å²) in [5.74, 6) is -2.08. The van der Waals surface area contributed by atoms with Gasteiger partial charge in [0, 0.05) is 27.1 Å². The number of halogens is 1. The van der Waals surface area contributed by atoms with Crippen LogP contribution < -0.4 is 19.8 Å². The van der Waals surface area contributed by atoms with Crippen LogP contribution in [0.1, 0.15) is 16.4 Å². The second-order valence-corrected chi connectivity index (χ2v) is 11.6. The van der Waals surface area contributed by atoms with Crippen LogP contribution in [0.3, 0.4) is 0 Å². The van der Waals surface area contributed by atoms with Gasteiger partial charge in [-0.15, -0.1) is 0 Å². The molecule has 0 bridgehead atoms. The molecule has 8 nitrogen and oxygen atoms in total. The number of carbonyl (C=O) groups is 3. The highest BCUT2D eigenvalue weighted by Gasteiger charge is 2.56. The number of anilines is 2. The maximum absolute atomic E-state index is 13.9. The standard InChI is InChI=1S/C28H20ClN3O5S2/c29-15-10-12-17(13-11-15)32-26(34)22-21(23-25(31-28(36)39-23)38-24(22)27(32)35)18-8-4-5-9-19(18)37-14-20(33)30-16-6-2-1-3-7-16/h1-13,21-22,24H,14H2,(H,30,33)(H,31,36)/t21-,22-,24+/m0/s1. The van der Waals surface area contributed by atoms with Crippen LogP contribution in [0.25, 0.3) is 0 Å². The normalized spacial score (nSPS) is 19.9. The third kappa shape index (κ3) is 4.75. The SMILES string of the molecule is O=C(COc1ccccc1[C@@H]1c2sc(=O)[nH]c2S[C@H]2C(=O)N(c3ccc(Cl)cc3)C(=O)[C@@H]12)Nc1ccccc1. The lowest BCUT2D eigenvalue weighted by atomic mass is 9.82. The quantitative estimate of drug-likeness (QED) is 0.316. The summed E-state index contributed by atoms with van der Waals surface area (Å²) >= 11 is 8.24. The number of aromatic amines is 1. The average molecular weight is 578 g/mol. The maximum Gasteiger partial charge on any atom is 0.305 e. The van der Waals surface area contributed by atoms with Gasteiger partial charge in [-0.2, -0.15) is 0 Å². The summed E-state index contributed by atoms with van der Waals surface area (Å²) in [5.41, 5.74) is 1.70. The van der Waals surface area contributed by atoms with Crippen LogP contribution >= 0.6 is 34.7 Å². The number of aromatic nitrogens is 1. The number of nitrogens with one attached hydrogen (secondary N) is 2. The molecule has 196 valence electrons. The largest absolute Gasteiger partial charge is 0.483 e. The molecule has 0 radical (unpaired) electrons. The molecule has 1 aromatic heterocycles. The van der Waals surface area contributed by atoms with E-state index >= 15 is 0 Å². The lowest BCUT2D eigenvalue weighted by Gasteiger charge is -2.30. The number of nitrogens with zero attached hydrogens (tertiary/aromatic N) is 1. The Morgan fingerprint density at radius 2 is 1.67 bits per heavy atom. The molecule has 4 aromatic rings. The molecule has 2 aliphatic rings. The third-order valence-corrected chi connectivity index (χ3v) is 9.23. The highest BCUT2D eigenvalue weighted by molar-refractivity contribution is 8.00. The van der Waals surface area contributed by atoms with E-state index in [-0.39, 0.29) is 29.2 Å². The minimum absolute atomic E-state index is 0.262. The summed E-state index contributed by atoms with van der Waals surface area (Å²) in [5, 5.41) is 3.09. The Hall–Kier alpha value is -3.86. The van der Waals surface area contributed by atoms with Crippen molar-refractivity contribution >= 4 is 63.8 Å². The van der Waals surface area contributed by atoms with Gasteiger partial charge in [-0.25, -0.2) is 4.90 Å². The van der Waals surface area contributed by atoms with Crippen molar-refractivity contribution in [1.82, 2.24) is 4.98 Å². The van der Waals surface area contributed by atoms with Crippen LogP contribution in [-0.4, -0.2) is 34.6 Å². The summed E-state index contributed by atoms with van der Waals surface area (Å²) in [6.07, 6.45) is 0. The van der Waals surface area contributed by atoms with Crippen molar-refractivity contribution in [3.63, 3.8) is 0 Å². The van der Waals surface area contributed by atoms with E-state index in [9.17, 15) is 19.2 Å². The number of hydrogen-bond donors (Lipinski definition) is 2. The number of para-hydroxylation sites is 2. The zero-order valence-corrected chi connectivity index (χ0v) is 22.5. The van der Waals surface area contributed by atoms with Crippen LogP contribution in [0.2, 0.25) is 5.02 Å². The number of thioether (sulfide) groups is 1. The maximum atomic E-state index is 13.9. The van der Waals surface area contributed by atoms with Crippen LogP contribution in [0.15, 0.2) is 88.7 Å². The minimum atomic E-state index is -0.778. The van der Waals surface area contributed by atoms with Crippen molar-refractivity contribution in [2.45, 2.75) is 16.2 Å². The fourth-order valence-corrected chi connectivity index (χ4v) is 7.56. The molecule has 1 saturated heterocycles. The van der Waals surface area contributed by atoms with Gasteiger partial charge in [0.15, 0.2) is 6.61 Å². The molecule has 0 spiro atoms. The number of hydrogen-bond acceptors (Lipinski definition) is 7. The van der Waals surface area contributed by atoms with Gasteiger partial charge in [0.25, 0.3) is 5.91 Å². The number of amides is 3. The van der Waals surface area contributed by atoms with E-state index in [0.717, 1.165) is 11.3 Å². The Bertz CT molecular complexity index is 1640. The number of ether oxygens (including phenoxy) is 1. The number of rotatable bonds is 6. The number of thiazole rings is 1. The molecule has 39 heavy (non-hydrogen) atoms. The predicted octanol–water partition coefficient (Wildman–Crippen LogP) is 4.90. The monoisotopic (exact) mass is 577 g/mol. The van der Waals surface area contributed by atoms with Gasteiger partial charge in [-0.3, -0.25) is 19.2 Å². The molecule has 0 aliphatic carbocycles. The lowest BCUT2D eigenvalue weighted by Crippen LogP contribution is -2.32. The summed E-state index contributed by atoms with van der Waals surface area (Å²) < 4.78 is 5.95. The molecule has 3 atom stereocenters. The topological polar surface area (TPSA) is 109 Å². The van der Waals surface area contributed by atoms with Gasteiger partial charge in [0.05, 0.1) is 16.6 Å². The molecule has 3 heterocycles. The molecule has 3 amide bonds. The summed E-state index contributed by atoms with van der Waals surface area (Å²) in [6.45, 7) is -0.262. The highest BCUT2D eigenvalue weighted by atomic mass is 35.5. The number of imide groups is 1. The molecular weight excluding hydrogens is 558 g/mol. The third-order valence-electron chi connectivity index (χ3n) is 6.58. The van der Waals surface area contributed by atoms with Crippen molar-refractivity contribution < 1.29 is 19.1 Å². The molecule has 0 saturated carbocycles. The predicted molar refractivity (Wildman–Crippen MR) is 151 cm³/mol. The van der Waals surface area contributed by atoms with Crippen molar-refractivity contribution in [3.8, 4) is 5.75 Å². The first-order valence-electron chi connectivity index (χ1n) is 12.0. The van der Waals surface area contributed by atoms with Crippen LogP contribution in [0, 0.1) is 5.92 Å². The van der Waals surface area contributed by atoms with E-state index in [1.54, 1.807) is 60.7 Å². The number of benzene rings is 3. The summed E-state index contributed by atoms with van der Waals surface area (Å²) in [6, 6.07) is 22.6. The zero-order chi connectivity index (χ0) is 27.1. The van der Waals surface area contributed by atoms with E-state index < -0.39 is 17.1 Å². The Kier molecular flexibility index (Phi) is 6.76. The first kappa shape index (κ1) is 25.4. The summed E-state index contributed by atoms with van der Waals surface area (Å²) in [7, 11) is 0. The van der Waals surface area contributed by atoms with E-state index in [1.165, 1.54) is 16.7 Å². The van der Waals surface area contributed by atoms with Gasteiger partial charge >= 0.3 is 4.87 Å². The Morgan fingerprint density at radius 3 is 2.44 bits per heavy atom. The lowest BCUT2D eigenvalue weighted by molar-refractivity contribution is -0.122. The van der Waals surface area contributed by atoms with E-state index in [0.29, 0.717) is 37.6 Å². The van der Waals surface area contributed by atoms with Gasteiger partial charge in [-0.05, 0) is 42.5 Å². The Balaban J connectivity index is 1.35. The van der Waals surface area contributed by atoms with Crippen LogP contribution in [0.4, 0.5) is 11.4 Å². The van der Waals surface area contributed by atoms with Crippen LogP contribution in [0.5, 0.6) is 5.75 Å². The Labute approximate surface area is 236 Å². The highest BCUT2D eigenvalue weighted by Crippen LogP contribution is 2.54. The van der Waals surface area contributed by atoms with E-state index in [4.69, 9.17) is 16.3 Å². The first-order valence-corrected chi connectivity index (χ1v) is 14.1. The van der Waals surface area contributed by atoms with Gasteiger partial charge < -0.3 is 15.0 Å². The summed E-state index contributed by atoms with van der Waals surface area (Å²) in [4.78, 5) is 56.8.